The van der Waals surface area contributed by atoms with Crippen molar-refractivity contribution >= 4 is 16.7 Å². The van der Waals surface area contributed by atoms with Crippen LogP contribution in [-0.4, -0.2) is 9.97 Å². The van der Waals surface area contributed by atoms with E-state index < -0.39 is 0 Å². The molecule has 0 aliphatic heterocycles. The van der Waals surface area contributed by atoms with Gasteiger partial charge in [0.15, 0.2) is 0 Å². The van der Waals surface area contributed by atoms with Gasteiger partial charge in [-0.3, -0.25) is 0 Å². The fourth-order valence-corrected chi connectivity index (χ4v) is 1.57. The highest BCUT2D eigenvalue weighted by molar-refractivity contribution is 5.88. The molecule has 2 rings (SSSR count). The molecule has 0 unspecified atom stereocenters. The molecule has 14 heavy (non-hydrogen) atoms. The minimum Gasteiger partial charge on any atom is -0.383 e. The van der Waals surface area contributed by atoms with Crippen molar-refractivity contribution in [2.75, 3.05) is 5.73 Å². The first-order chi connectivity index (χ1) is 6.81. The Bertz CT molecular complexity index is 451. The van der Waals surface area contributed by atoms with Gasteiger partial charge in [0.25, 0.3) is 0 Å². The van der Waals surface area contributed by atoms with E-state index in [4.69, 9.17) is 5.73 Å². The first-order valence-corrected chi connectivity index (χ1v) is 4.80. The van der Waals surface area contributed by atoms with Gasteiger partial charge in [-0.15, -0.1) is 0 Å². The topological polar surface area (TPSA) is 51.8 Å². The Kier molecular flexibility index (Phi) is 2.31. The van der Waals surface area contributed by atoms with Crippen molar-refractivity contribution in [2.45, 2.75) is 19.8 Å². The summed E-state index contributed by atoms with van der Waals surface area (Å²) in [6, 6.07) is 6.17. The minimum atomic E-state index is 0.563. The van der Waals surface area contributed by atoms with Gasteiger partial charge in [0.1, 0.15) is 12.1 Å². The molecular weight excluding hydrogens is 174 g/mol. The van der Waals surface area contributed by atoms with Crippen molar-refractivity contribution in [3.05, 3.63) is 30.1 Å². The molecule has 2 aromatic rings. The van der Waals surface area contributed by atoms with Gasteiger partial charge in [0.2, 0.25) is 0 Å². The molecule has 0 radical (unpaired) electrons. The SMILES string of the molecule is CCCc1ccc2ncnc(N)c2c1. The van der Waals surface area contributed by atoms with Crippen LogP contribution in [0.1, 0.15) is 18.9 Å². The molecule has 0 fully saturated rings. The molecule has 0 atom stereocenters. The lowest BCUT2D eigenvalue weighted by Crippen LogP contribution is -1.94. The maximum Gasteiger partial charge on any atom is 0.134 e. The number of hydrogen-bond acceptors (Lipinski definition) is 3. The summed E-state index contributed by atoms with van der Waals surface area (Å²) in [5.74, 6) is 0.563. The number of rotatable bonds is 2. The van der Waals surface area contributed by atoms with Crippen LogP contribution in [-0.2, 0) is 6.42 Å². The second-order valence-corrected chi connectivity index (χ2v) is 3.36. The van der Waals surface area contributed by atoms with Crippen LogP contribution in [0.25, 0.3) is 10.9 Å². The summed E-state index contributed by atoms with van der Waals surface area (Å²) in [6.45, 7) is 2.16. The summed E-state index contributed by atoms with van der Waals surface area (Å²) < 4.78 is 0. The van der Waals surface area contributed by atoms with Crippen LogP contribution in [0.2, 0.25) is 0 Å². The van der Waals surface area contributed by atoms with E-state index in [0.717, 1.165) is 23.7 Å². The fourth-order valence-electron chi connectivity index (χ4n) is 1.57. The first kappa shape index (κ1) is 8.94. The summed E-state index contributed by atoms with van der Waals surface area (Å²) in [7, 11) is 0. The van der Waals surface area contributed by atoms with E-state index in [0.29, 0.717) is 5.82 Å². The Morgan fingerprint density at radius 2 is 2.14 bits per heavy atom. The van der Waals surface area contributed by atoms with Gasteiger partial charge in [-0.25, -0.2) is 9.97 Å². The quantitative estimate of drug-likeness (QED) is 0.783. The number of nitrogens with zero attached hydrogens (tertiary/aromatic N) is 2. The van der Waals surface area contributed by atoms with E-state index in [1.54, 1.807) is 0 Å². The average molecular weight is 187 g/mol. The highest BCUT2D eigenvalue weighted by Gasteiger charge is 2.00. The second kappa shape index (κ2) is 3.62. The molecule has 72 valence electrons. The maximum atomic E-state index is 5.77. The molecule has 1 aromatic heterocycles. The smallest absolute Gasteiger partial charge is 0.134 e. The van der Waals surface area contributed by atoms with Crippen molar-refractivity contribution < 1.29 is 0 Å². The molecule has 3 nitrogen and oxygen atoms in total. The molecule has 3 heteroatoms. The van der Waals surface area contributed by atoms with Gasteiger partial charge < -0.3 is 5.73 Å². The number of nitrogens with two attached hydrogens (primary N) is 1. The number of aromatic nitrogens is 2. The number of fused-ring (bicyclic) bond motifs is 1. The Labute approximate surface area is 83.0 Å². The van der Waals surface area contributed by atoms with Crippen LogP contribution >= 0.6 is 0 Å². The molecule has 0 amide bonds. The van der Waals surface area contributed by atoms with E-state index in [1.165, 1.54) is 11.9 Å². The number of anilines is 1. The van der Waals surface area contributed by atoms with E-state index in [-0.39, 0.29) is 0 Å². The molecule has 0 saturated heterocycles. The third kappa shape index (κ3) is 1.53. The van der Waals surface area contributed by atoms with E-state index >= 15 is 0 Å². The van der Waals surface area contributed by atoms with Gasteiger partial charge in [-0.2, -0.15) is 0 Å². The summed E-state index contributed by atoms with van der Waals surface area (Å²) in [4.78, 5) is 8.13. The van der Waals surface area contributed by atoms with Gasteiger partial charge in [-0.1, -0.05) is 19.4 Å². The molecule has 0 spiro atoms. The molecule has 0 bridgehead atoms. The molecule has 0 aliphatic carbocycles. The fraction of sp³-hybridized carbons (Fsp3) is 0.273. The monoisotopic (exact) mass is 187 g/mol. The van der Waals surface area contributed by atoms with Gasteiger partial charge in [0.05, 0.1) is 5.52 Å². The standard InChI is InChI=1S/C11H13N3/c1-2-3-8-4-5-10-9(6-8)11(12)14-7-13-10/h4-7H,2-3H2,1H3,(H2,12,13,14). The second-order valence-electron chi connectivity index (χ2n) is 3.36. The first-order valence-electron chi connectivity index (χ1n) is 4.80. The zero-order chi connectivity index (χ0) is 9.97. The summed E-state index contributed by atoms with van der Waals surface area (Å²) in [5.41, 5.74) is 7.98. The van der Waals surface area contributed by atoms with Crippen LogP contribution in [0.3, 0.4) is 0 Å². The van der Waals surface area contributed by atoms with Gasteiger partial charge in [0, 0.05) is 5.39 Å². The number of benzene rings is 1. The van der Waals surface area contributed by atoms with Crippen molar-refractivity contribution in [3.8, 4) is 0 Å². The molecular formula is C11H13N3. The Balaban J connectivity index is 2.58. The lowest BCUT2D eigenvalue weighted by Gasteiger charge is -2.02. The number of nitrogen functional groups attached to an aromatic ring is 1. The Hall–Kier alpha value is -1.64. The largest absolute Gasteiger partial charge is 0.383 e. The molecule has 0 aliphatic rings. The van der Waals surface area contributed by atoms with Gasteiger partial charge in [-0.05, 0) is 24.1 Å². The van der Waals surface area contributed by atoms with E-state index in [1.807, 2.05) is 6.07 Å². The molecule has 1 aromatic carbocycles. The van der Waals surface area contributed by atoms with E-state index in [9.17, 15) is 0 Å². The van der Waals surface area contributed by atoms with Crippen molar-refractivity contribution in [2.24, 2.45) is 0 Å². The average Bonchev–Trinajstić information content (AvgIpc) is 2.20. The third-order valence-electron chi connectivity index (χ3n) is 2.27. The summed E-state index contributed by atoms with van der Waals surface area (Å²) in [6.07, 6.45) is 3.71. The van der Waals surface area contributed by atoms with Crippen LogP contribution in [0, 0.1) is 0 Å². The van der Waals surface area contributed by atoms with Crippen LogP contribution in [0.5, 0.6) is 0 Å². The molecule has 1 heterocycles. The Morgan fingerprint density at radius 3 is 2.93 bits per heavy atom. The van der Waals surface area contributed by atoms with Crippen molar-refractivity contribution in [1.29, 1.82) is 0 Å². The van der Waals surface area contributed by atoms with Crippen molar-refractivity contribution in [3.63, 3.8) is 0 Å². The lowest BCUT2D eigenvalue weighted by molar-refractivity contribution is 0.923. The highest BCUT2D eigenvalue weighted by Crippen LogP contribution is 2.18. The third-order valence-corrected chi connectivity index (χ3v) is 2.27. The predicted octanol–water partition coefficient (Wildman–Crippen LogP) is 2.16. The van der Waals surface area contributed by atoms with Crippen molar-refractivity contribution in [1.82, 2.24) is 9.97 Å². The van der Waals surface area contributed by atoms with Gasteiger partial charge >= 0.3 is 0 Å². The normalized spacial score (nSPS) is 10.6. The predicted molar refractivity (Wildman–Crippen MR) is 57.9 cm³/mol. The lowest BCUT2D eigenvalue weighted by atomic mass is 10.1. The number of hydrogen-bond donors (Lipinski definition) is 1. The van der Waals surface area contributed by atoms with Crippen LogP contribution in [0.4, 0.5) is 5.82 Å². The van der Waals surface area contributed by atoms with E-state index in [2.05, 4.69) is 29.0 Å². The number of aryl methyl sites for hydroxylation is 1. The Morgan fingerprint density at radius 1 is 1.29 bits per heavy atom. The summed E-state index contributed by atoms with van der Waals surface area (Å²) in [5, 5.41) is 0.957. The summed E-state index contributed by atoms with van der Waals surface area (Å²) >= 11 is 0. The van der Waals surface area contributed by atoms with Crippen LogP contribution in [0.15, 0.2) is 24.5 Å². The highest BCUT2D eigenvalue weighted by atomic mass is 14.9. The zero-order valence-electron chi connectivity index (χ0n) is 8.20. The minimum absolute atomic E-state index is 0.563. The maximum absolute atomic E-state index is 5.77. The molecule has 0 saturated carbocycles. The molecule has 2 N–H and O–H groups in total. The van der Waals surface area contributed by atoms with Crippen LogP contribution < -0.4 is 5.73 Å². The zero-order valence-corrected chi connectivity index (χ0v) is 8.20.